The molecule has 1 heterocycles. The van der Waals surface area contributed by atoms with E-state index < -0.39 is 0 Å². The molecule has 4 heteroatoms. The van der Waals surface area contributed by atoms with Crippen LogP contribution in [0.5, 0.6) is 5.75 Å². The van der Waals surface area contributed by atoms with Gasteiger partial charge in [0, 0.05) is 6.07 Å². The first-order chi connectivity index (χ1) is 5.24. The minimum absolute atomic E-state index is 0.566. The molecule has 0 amide bonds. The Morgan fingerprint density at radius 1 is 1.73 bits per heavy atom. The number of rotatable bonds is 2. The second kappa shape index (κ2) is 3.93. The molecule has 0 spiro atoms. The van der Waals surface area contributed by atoms with Crippen LogP contribution in [0.3, 0.4) is 0 Å². The summed E-state index contributed by atoms with van der Waals surface area (Å²) in [5.74, 6) is 0.695. The highest BCUT2D eigenvalue weighted by Crippen LogP contribution is 2.23. The topological polar surface area (TPSA) is 22.1 Å². The zero-order valence-corrected chi connectivity index (χ0v) is 8.32. The van der Waals surface area contributed by atoms with E-state index in [1.807, 2.05) is 6.92 Å². The summed E-state index contributed by atoms with van der Waals surface area (Å²) in [6.45, 7) is 2.54. The zero-order chi connectivity index (χ0) is 8.27. The number of aromatic nitrogens is 1. The van der Waals surface area contributed by atoms with Gasteiger partial charge in [-0.1, -0.05) is 11.6 Å². The van der Waals surface area contributed by atoms with Crippen LogP contribution in [-0.2, 0) is 0 Å². The molecular formula is C7H7BrClNO. The van der Waals surface area contributed by atoms with Crippen molar-refractivity contribution in [3.8, 4) is 5.75 Å². The van der Waals surface area contributed by atoms with Crippen molar-refractivity contribution in [2.24, 2.45) is 0 Å². The van der Waals surface area contributed by atoms with Crippen LogP contribution >= 0.6 is 27.5 Å². The van der Waals surface area contributed by atoms with Crippen molar-refractivity contribution in [2.75, 3.05) is 6.61 Å². The van der Waals surface area contributed by atoms with Gasteiger partial charge >= 0.3 is 0 Å². The molecule has 0 radical (unpaired) electrons. The highest BCUT2D eigenvalue weighted by molar-refractivity contribution is 9.10. The molecule has 1 aromatic rings. The van der Waals surface area contributed by atoms with Crippen molar-refractivity contribution in [3.05, 3.63) is 21.9 Å². The maximum Gasteiger partial charge on any atom is 0.139 e. The summed E-state index contributed by atoms with van der Waals surface area (Å²) < 4.78 is 5.82. The third-order valence-corrected chi connectivity index (χ3v) is 2.23. The lowest BCUT2D eigenvalue weighted by molar-refractivity contribution is 0.339. The zero-order valence-electron chi connectivity index (χ0n) is 5.97. The second-order valence-corrected chi connectivity index (χ2v) is 3.04. The van der Waals surface area contributed by atoms with Gasteiger partial charge in [0.1, 0.15) is 10.4 Å². The van der Waals surface area contributed by atoms with Crippen molar-refractivity contribution in [1.82, 2.24) is 4.98 Å². The SMILES string of the molecule is CCOc1cnc(Br)c(Cl)c1. The minimum atomic E-state index is 0.566. The number of hydrogen-bond donors (Lipinski definition) is 0. The monoisotopic (exact) mass is 235 g/mol. The van der Waals surface area contributed by atoms with Crippen LogP contribution in [0, 0.1) is 0 Å². The van der Waals surface area contributed by atoms with E-state index in [4.69, 9.17) is 16.3 Å². The molecule has 0 bridgehead atoms. The average molecular weight is 236 g/mol. The van der Waals surface area contributed by atoms with E-state index in [0.29, 0.717) is 22.0 Å². The van der Waals surface area contributed by atoms with Crippen molar-refractivity contribution < 1.29 is 4.74 Å². The van der Waals surface area contributed by atoms with Gasteiger partial charge in [0.15, 0.2) is 0 Å². The number of nitrogens with zero attached hydrogens (tertiary/aromatic N) is 1. The van der Waals surface area contributed by atoms with Gasteiger partial charge in [-0.25, -0.2) is 4.98 Å². The van der Waals surface area contributed by atoms with Crippen LogP contribution in [0.25, 0.3) is 0 Å². The number of ether oxygens (including phenoxy) is 1. The van der Waals surface area contributed by atoms with Crippen LogP contribution < -0.4 is 4.74 Å². The van der Waals surface area contributed by atoms with Crippen LogP contribution in [-0.4, -0.2) is 11.6 Å². The molecule has 0 unspecified atom stereocenters. The third-order valence-electron chi connectivity index (χ3n) is 1.08. The number of halogens is 2. The molecule has 0 saturated carbocycles. The van der Waals surface area contributed by atoms with Gasteiger partial charge in [0.2, 0.25) is 0 Å². The van der Waals surface area contributed by atoms with E-state index >= 15 is 0 Å². The molecule has 0 aliphatic carbocycles. The Hall–Kier alpha value is -0.280. The molecule has 0 aliphatic heterocycles. The maximum atomic E-state index is 5.76. The van der Waals surface area contributed by atoms with Gasteiger partial charge in [-0.05, 0) is 22.9 Å². The lowest BCUT2D eigenvalue weighted by Crippen LogP contribution is -1.91. The quantitative estimate of drug-likeness (QED) is 0.737. The van der Waals surface area contributed by atoms with E-state index in [0.717, 1.165) is 0 Å². The summed E-state index contributed by atoms with van der Waals surface area (Å²) in [7, 11) is 0. The maximum absolute atomic E-state index is 5.76. The van der Waals surface area contributed by atoms with Crippen LogP contribution in [0.1, 0.15) is 6.92 Å². The van der Waals surface area contributed by atoms with Gasteiger partial charge in [-0.3, -0.25) is 0 Å². The normalized spacial score (nSPS) is 9.73. The van der Waals surface area contributed by atoms with Crippen molar-refractivity contribution in [1.29, 1.82) is 0 Å². The predicted octanol–water partition coefficient (Wildman–Crippen LogP) is 2.90. The Kier molecular flexibility index (Phi) is 3.15. The van der Waals surface area contributed by atoms with Gasteiger partial charge in [0.25, 0.3) is 0 Å². The van der Waals surface area contributed by atoms with Crippen LogP contribution in [0.4, 0.5) is 0 Å². The van der Waals surface area contributed by atoms with Crippen molar-refractivity contribution >= 4 is 27.5 Å². The average Bonchev–Trinajstić information content (AvgIpc) is 1.98. The first-order valence-corrected chi connectivity index (χ1v) is 4.35. The summed E-state index contributed by atoms with van der Waals surface area (Å²) in [6, 6.07) is 1.72. The van der Waals surface area contributed by atoms with E-state index in [9.17, 15) is 0 Å². The molecule has 0 aliphatic rings. The Labute approximate surface area is 78.7 Å². The minimum Gasteiger partial charge on any atom is -0.492 e. The molecule has 0 aromatic carbocycles. The third kappa shape index (κ3) is 2.34. The molecule has 1 rings (SSSR count). The number of pyridine rings is 1. The summed E-state index contributed by atoms with van der Waals surface area (Å²) >= 11 is 8.94. The van der Waals surface area contributed by atoms with Crippen LogP contribution in [0.2, 0.25) is 5.02 Å². The molecule has 0 atom stereocenters. The fourth-order valence-corrected chi connectivity index (χ4v) is 1.02. The lowest BCUT2D eigenvalue weighted by atomic mass is 10.5. The molecule has 0 N–H and O–H groups in total. The molecule has 2 nitrogen and oxygen atoms in total. The Bertz CT molecular complexity index is 254. The van der Waals surface area contributed by atoms with Crippen molar-refractivity contribution in [2.45, 2.75) is 6.92 Å². The summed E-state index contributed by atoms with van der Waals surface area (Å²) in [4.78, 5) is 3.96. The van der Waals surface area contributed by atoms with Gasteiger partial charge in [0.05, 0.1) is 17.8 Å². The summed E-state index contributed by atoms with van der Waals surface area (Å²) in [5, 5.41) is 0.566. The van der Waals surface area contributed by atoms with E-state index in [1.54, 1.807) is 12.3 Å². The highest BCUT2D eigenvalue weighted by Gasteiger charge is 1.99. The largest absolute Gasteiger partial charge is 0.492 e. The lowest BCUT2D eigenvalue weighted by Gasteiger charge is -2.02. The molecule has 0 saturated heterocycles. The van der Waals surface area contributed by atoms with Gasteiger partial charge in [-0.15, -0.1) is 0 Å². The number of hydrogen-bond acceptors (Lipinski definition) is 2. The molecule has 1 aromatic heterocycles. The highest BCUT2D eigenvalue weighted by atomic mass is 79.9. The predicted molar refractivity (Wildman–Crippen MR) is 48.1 cm³/mol. The summed E-state index contributed by atoms with van der Waals surface area (Å²) in [6.07, 6.45) is 1.62. The fraction of sp³-hybridized carbons (Fsp3) is 0.286. The summed E-state index contributed by atoms with van der Waals surface area (Å²) in [5.41, 5.74) is 0. The Balaban J connectivity index is 2.86. The molecule has 11 heavy (non-hydrogen) atoms. The molecule has 60 valence electrons. The van der Waals surface area contributed by atoms with Crippen LogP contribution in [0.15, 0.2) is 16.9 Å². The first kappa shape index (κ1) is 8.81. The van der Waals surface area contributed by atoms with Crippen molar-refractivity contribution in [3.63, 3.8) is 0 Å². The van der Waals surface area contributed by atoms with E-state index in [1.165, 1.54) is 0 Å². The second-order valence-electron chi connectivity index (χ2n) is 1.88. The standard InChI is InChI=1S/C7H7BrClNO/c1-2-11-5-3-6(9)7(8)10-4-5/h3-4H,2H2,1H3. The smallest absolute Gasteiger partial charge is 0.139 e. The first-order valence-electron chi connectivity index (χ1n) is 3.18. The van der Waals surface area contributed by atoms with E-state index in [-0.39, 0.29) is 0 Å². The van der Waals surface area contributed by atoms with Gasteiger partial charge in [-0.2, -0.15) is 0 Å². The Morgan fingerprint density at radius 3 is 3.00 bits per heavy atom. The van der Waals surface area contributed by atoms with Gasteiger partial charge < -0.3 is 4.74 Å². The Morgan fingerprint density at radius 2 is 2.45 bits per heavy atom. The molecule has 0 fully saturated rings. The fourth-order valence-electron chi connectivity index (χ4n) is 0.649. The van der Waals surface area contributed by atoms with E-state index in [2.05, 4.69) is 20.9 Å². The molecular weight excluding hydrogens is 229 g/mol.